The zero-order chi connectivity index (χ0) is 15.4. The summed E-state index contributed by atoms with van der Waals surface area (Å²) in [5.74, 6) is 0.119. The summed E-state index contributed by atoms with van der Waals surface area (Å²) in [5.41, 5.74) is 0. The summed E-state index contributed by atoms with van der Waals surface area (Å²) in [5, 5.41) is 6.66. The van der Waals surface area contributed by atoms with E-state index in [0.29, 0.717) is 12.4 Å². The van der Waals surface area contributed by atoms with Crippen molar-refractivity contribution in [1.82, 2.24) is 20.1 Å². The number of aromatic nitrogens is 3. The maximum atomic E-state index is 13.5. The highest BCUT2D eigenvalue weighted by Gasteiger charge is 2.30. The Bertz CT molecular complexity index is 632. The summed E-state index contributed by atoms with van der Waals surface area (Å²) in [6, 6.07) is 5.94. The molecule has 1 N–H and O–H groups in total. The first-order valence-electron chi connectivity index (χ1n) is 7.28. The molecule has 0 bridgehead atoms. The van der Waals surface area contributed by atoms with Crippen LogP contribution >= 0.6 is 0 Å². The maximum Gasteiger partial charge on any atom is 0.261 e. The van der Waals surface area contributed by atoms with Crippen molar-refractivity contribution in [2.45, 2.75) is 25.3 Å². The zero-order valence-corrected chi connectivity index (χ0v) is 12.0. The van der Waals surface area contributed by atoms with E-state index in [9.17, 15) is 9.18 Å². The predicted molar refractivity (Wildman–Crippen MR) is 76.6 cm³/mol. The van der Waals surface area contributed by atoms with Gasteiger partial charge in [-0.2, -0.15) is 5.10 Å². The zero-order valence-electron chi connectivity index (χ0n) is 12.0. The van der Waals surface area contributed by atoms with E-state index in [1.165, 1.54) is 18.5 Å². The van der Waals surface area contributed by atoms with Crippen molar-refractivity contribution >= 4 is 5.91 Å². The van der Waals surface area contributed by atoms with Gasteiger partial charge in [-0.25, -0.2) is 9.37 Å². The fraction of sp³-hybridized carbons (Fsp3) is 0.400. The summed E-state index contributed by atoms with van der Waals surface area (Å²) >= 11 is 0. The molecular formula is C15H17FN4O2. The van der Waals surface area contributed by atoms with Gasteiger partial charge >= 0.3 is 0 Å². The van der Waals surface area contributed by atoms with Crippen LogP contribution in [0.3, 0.4) is 0 Å². The van der Waals surface area contributed by atoms with Gasteiger partial charge in [-0.15, -0.1) is 0 Å². The molecule has 1 saturated heterocycles. The van der Waals surface area contributed by atoms with Gasteiger partial charge in [0.2, 0.25) is 0 Å². The molecule has 1 fully saturated rings. The molecule has 0 aliphatic carbocycles. The van der Waals surface area contributed by atoms with Gasteiger partial charge in [-0.1, -0.05) is 12.1 Å². The van der Waals surface area contributed by atoms with Crippen LogP contribution in [0.25, 0.3) is 0 Å². The third-order valence-electron chi connectivity index (χ3n) is 3.76. The standard InChI is InChI=1S/C15H17FN4O2/c16-11-5-1-2-7-13(11)22-9-14(21)20-8-4-3-6-12(20)15-17-10-18-19-15/h1-2,5,7,10,12H,3-4,6,8-9H2,(H,17,18,19)/t12-/m1/s1. The van der Waals surface area contributed by atoms with Crippen LogP contribution in [-0.2, 0) is 4.79 Å². The Morgan fingerprint density at radius 2 is 2.27 bits per heavy atom. The molecule has 0 spiro atoms. The minimum atomic E-state index is -0.472. The number of amides is 1. The van der Waals surface area contributed by atoms with E-state index in [1.54, 1.807) is 17.0 Å². The number of carbonyl (C=O) groups is 1. The number of hydrogen-bond donors (Lipinski definition) is 1. The van der Waals surface area contributed by atoms with Gasteiger partial charge in [0.25, 0.3) is 5.91 Å². The third kappa shape index (κ3) is 3.08. The van der Waals surface area contributed by atoms with Gasteiger partial charge in [0.15, 0.2) is 18.2 Å². The topological polar surface area (TPSA) is 71.1 Å². The molecule has 7 heteroatoms. The van der Waals surface area contributed by atoms with E-state index in [2.05, 4.69) is 15.2 Å². The number of H-pyrrole nitrogens is 1. The maximum absolute atomic E-state index is 13.5. The largest absolute Gasteiger partial charge is 0.481 e. The van der Waals surface area contributed by atoms with Crippen molar-refractivity contribution in [2.24, 2.45) is 0 Å². The molecular weight excluding hydrogens is 287 g/mol. The molecule has 6 nitrogen and oxygen atoms in total. The second kappa shape index (κ2) is 6.55. The first-order valence-corrected chi connectivity index (χ1v) is 7.28. The number of likely N-dealkylation sites (tertiary alicyclic amines) is 1. The lowest BCUT2D eigenvalue weighted by molar-refractivity contribution is -0.137. The molecule has 0 saturated carbocycles. The van der Waals surface area contributed by atoms with E-state index in [0.717, 1.165) is 19.3 Å². The van der Waals surface area contributed by atoms with Crippen molar-refractivity contribution in [3.8, 4) is 5.75 Å². The van der Waals surface area contributed by atoms with Gasteiger partial charge in [-0.3, -0.25) is 9.89 Å². The fourth-order valence-corrected chi connectivity index (χ4v) is 2.67. The summed E-state index contributed by atoms with van der Waals surface area (Å²) in [6.07, 6.45) is 4.24. The van der Waals surface area contributed by atoms with E-state index in [-0.39, 0.29) is 24.3 Å². The molecule has 22 heavy (non-hydrogen) atoms. The number of rotatable bonds is 4. The minimum Gasteiger partial charge on any atom is -0.481 e. The van der Waals surface area contributed by atoms with Gasteiger partial charge in [-0.05, 0) is 31.4 Å². The third-order valence-corrected chi connectivity index (χ3v) is 3.76. The molecule has 1 aromatic heterocycles. The van der Waals surface area contributed by atoms with E-state index < -0.39 is 5.82 Å². The van der Waals surface area contributed by atoms with Crippen LogP contribution < -0.4 is 4.74 Å². The fourth-order valence-electron chi connectivity index (χ4n) is 2.67. The monoisotopic (exact) mass is 304 g/mol. The Morgan fingerprint density at radius 1 is 1.41 bits per heavy atom. The number of para-hydroxylation sites is 1. The molecule has 1 amide bonds. The molecule has 1 aliphatic rings. The van der Waals surface area contributed by atoms with Crippen molar-refractivity contribution in [2.75, 3.05) is 13.2 Å². The molecule has 3 rings (SSSR count). The molecule has 0 radical (unpaired) electrons. The molecule has 2 heterocycles. The Kier molecular flexibility index (Phi) is 4.32. The number of hydrogen-bond acceptors (Lipinski definition) is 4. The minimum absolute atomic E-state index is 0.0871. The highest BCUT2D eigenvalue weighted by atomic mass is 19.1. The average molecular weight is 304 g/mol. The van der Waals surface area contributed by atoms with Crippen molar-refractivity contribution in [3.05, 3.63) is 42.2 Å². The van der Waals surface area contributed by atoms with E-state index in [4.69, 9.17) is 4.74 Å². The van der Waals surface area contributed by atoms with Crippen LogP contribution in [-0.4, -0.2) is 39.1 Å². The quantitative estimate of drug-likeness (QED) is 0.938. The number of ether oxygens (including phenoxy) is 1. The Balaban J connectivity index is 1.66. The summed E-state index contributed by atoms with van der Waals surface area (Å²) in [6.45, 7) is 0.455. The van der Waals surface area contributed by atoms with Crippen molar-refractivity contribution in [3.63, 3.8) is 0 Å². The average Bonchev–Trinajstić information content (AvgIpc) is 3.08. The summed E-state index contributed by atoms with van der Waals surface area (Å²) in [7, 11) is 0. The van der Waals surface area contributed by atoms with Gasteiger partial charge in [0.1, 0.15) is 12.2 Å². The summed E-state index contributed by atoms with van der Waals surface area (Å²) in [4.78, 5) is 18.3. The predicted octanol–water partition coefficient (Wildman–Crippen LogP) is 2.08. The van der Waals surface area contributed by atoms with Crippen LogP contribution in [0.15, 0.2) is 30.6 Å². The van der Waals surface area contributed by atoms with Crippen LogP contribution in [0.1, 0.15) is 31.1 Å². The molecule has 1 aliphatic heterocycles. The smallest absolute Gasteiger partial charge is 0.261 e. The van der Waals surface area contributed by atoms with E-state index >= 15 is 0 Å². The van der Waals surface area contributed by atoms with Crippen LogP contribution in [0.5, 0.6) is 5.75 Å². The van der Waals surface area contributed by atoms with Crippen LogP contribution in [0, 0.1) is 5.82 Å². The Hall–Kier alpha value is -2.44. The summed E-state index contributed by atoms with van der Waals surface area (Å²) < 4.78 is 18.8. The number of benzene rings is 1. The van der Waals surface area contributed by atoms with Crippen LogP contribution in [0.2, 0.25) is 0 Å². The van der Waals surface area contributed by atoms with Crippen LogP contribution in [0.4, 0.5) is 4.39 Å². The highest BCUT2D eigenvalue weighted by molar-refractivity contribution is 5.78. The number of nitrogens with zero attached hydrogens (tertiary/aromatic N) is 3. The molecule has 116 valence electrons. The number of nitrogens with one attached hydrogen (secondary N) is 1. The number of piperidine rings is 1. The van der Waals surface area contributed by atoms with Gasteiger partial charge in [0, 0.05) is 6.54 Å². The Morgan fingerprint density at radius 3 is 3.05 bits per heavy atom. The molecule has 0 unspecified atom stereocenters. The first-order chi connectivity index (χ1) is 10.8. The highest BCUT2D eigenvalue weighted by Crippen LogP contribution is 2.28. The molecule has 2 aromatic rings. The number of aromatic amines is 1. The van der Waals surface area contributed by atoms with Crippen molar-refractivity contribution in [1.29, 1.82) is 0 Å². The normalized spacial score (nSPS) is 18.2. The molecule has 1 aromatic carbocycles. The lowest BCUT2D eigenvalue weighted by Crippen LogP contribution is -2.41. The molecule has 1 atom stereocenters. The SMILES string of the molecule is O=C(COc1ccccc1F)N1CCCC[C@@H]1c1ncn[nH]1. The van der Waals surface area contributed by atoms with Gasteiger partial charge in [0.05, 0.1) is 6.04 Å². The second-order valence-electron chi connectivity index (χ2n) is 5.19. The number of halogens is 1. The van der Waals surface area contributed by atoms with Gasteiger partial charge < -0.3 is 9.64 Å². The Labute approximate surface area is 127 Å². The lowest BCUT2D eigenvalue weighted by Gasteiger charge is -2.34. The number of carbonyl (C=O) groups excluding carboxylic acids is 1. The van der Waals surface area contributed by atoms with E-state index in [1.807, 2.05) is 0 Å². The second-order valence-corrected chi connectivity index (χ2v) is 5.19. The first kappa shape index (κ1) is 14.5. The van der Waals surface area contributed by atoms with Crippen molar-refractivity contribution < 1.29 is 13.9 Å². The lowest BCUT2D eigenvalue weighted by atomic mass is 10.0.